The molecule has 3 aliphatic rings. The zero-order chi connectivity index (χ0) is 22.7. The molecule has 10 heteroatoms. The van der Waals surface area contributed by atoms with Crippen molar-refractivity contribution in [2.75, 3.05) is 17.3 Å². The van der Waals surface area contributed by atoms with Crippen LogP contribution in [0.1, 0.15) is 49.7 Å². The summed E-state index contributed by atoms with van der Waals surface area (Å²) >= 11 is 0. The Kier molecular flexibility index (Phi) is 4.99. The van der Waals surface area contributed by atoms with Crippen molar-refractivity contribution < 1.29 is 18.3 Å². The topological polar surface area (TPSA) is 125 Å². The van der Waals surface area contributed by atoms with Gasteiger partial charge in [0.2, 0.25) is 21.9 Å². The second-order valence-corrected chi connectivity index (χ2v) is 10.9. The summed E-state index contributed by atoms with van der Waals surface area (Å²) in [6.07, 6.45) is 6.03. The fourth-order valence-electron chi connectivity index (χ4n) is 4.90. The number of nitrogens with zero attached hydrogens (tertiary/aromatic N) is 3. The highest BCUT2D eigenvalue weighted by atomic mass is 32.2. The molecule has 5 rings (SSSR count). The van der Waals surface area contributed by atoms with Gasteiger partial charge in [0, 0.05) is 23.5 Å². The number of benzene rings is 1. The molecule has 2 saturated carbocycles. The van der Waals surface area contributed by atoms with E-state index in [1.807, 2.05) is 6.92 Å². The first kappa shape index (κ1) is 21.3. The molecule has 1 spiro atoms. The highest BCUT2D eigenvalue weighted by molar-refractivity contribution is 7.89. The largest absolute Gasteiger partial charge is 0.393 e. The van der Waals surface area contributed by atoms with Crippen molar-refractivity contribution >= 4 is 33.4 Å². The van der Waals surface area contributed by atoms with Gasteiger partial charge in [-0.05, 0) is 76.3 Å². The number of sulfonamides is 1. The molecule has 1 aromatic heterocycles. The number of carbonyl (C=O) groups excluding carboxylic acids is 1. The lowest BCUT2D eigenvalue weighted by atomic mass is 9.92. The molecule has 1 unspecified atom stereocenters. The highest BCUT2D eigenvalue weighted by Gasteiger charge is 2.61. The van der Waals surface area contributed by atoms with Crippen LogP contribution in [0.3, 0.4) is 0 Å². The Morgan fingerprint density at radius 1 is 1.25 bits per heavy atom. The van der Waals surface area contributed by atoms with E-state index < -0.39 is 21.5 Å². The van der Waals surface area contributed by atoms with E-state index in [1.54, 1.807) is 23.2 Å². The Balaban J connectivity index is 1.47. The molecule has 2 atom stereocenters. The van der Waals surface area contributed by atoms with Crippen LogP contribution >= 0.6 is 0 Å². The molecule has 1 aliphatic heterocycles. The van der Waals surface area contributed by atoms with Crippen LogP contribution in [0.4, 0.5) is 17.5 Å². The van der Waals surface area contributed by atoms with E-state index in [9.17, 15) is 18.3 Å². The summed E-state index contributed by atoms with van der Waals surface area (Å²) < 4.78 is 26.4. The lowest BCUT2D eigenvalue weighted by Crippen LogP contribution is -2.44. The van der Waals surface area contributed by atoms with Gasteiger partial charge in [-0.2, -0.15) is 4.98 Å². The minimum absolute atomic E-state index is 0.0551. The number of hydrogen-bond acceptors (Lipinski definition) is 7. The van der Waals surface area contributed by atoms with Gasteiger partial charge in [0.25, 0.3) is 0 Å². The molecule has 2 aromatic rings. The minimum Gasteiger partial charge on any atom is -0.393 e. The monoisotopic (exact) mass is 457 g/mol. The number of nitrogens with one attached hydrogen (secondary N) is 2. The van der Waals surface area contributed by atoms with Crippen LogP contribution in [0.25, 0.3) is 0 Å². The summed E-state index contributed by atoms with van der Waals surface area (Å²) in [6.45, 7) is 1.81. The zero-order valence-corrected chi connectivity index (χ0v) is 18.9. The predicted octanol–water partition coefficient (Wildman–Crippen LogP) is 2.12. The highest BCUT2D eigenvalue weighted by Crippen LogP contribution is 2.57. The van der Waals surface area contributed by atoms with Crippen molar-refractivity contribution in [3.63, 3.8) is 0 Å². The van der Waals surface area contributed by atoms with Gasteiger partial charge in [-0.1, -0.05) is 0 Å². The molecule has 0 saturated heterocycles. The number of aromatic nitrogens is 2. The third-order valence-electron chi connectivity index (χ3n) is 6.90. The third-order valence-corrected chi connectivity index (χ3v) is 8.31. The first-order valence-electron chi connectivity index (χ1n) is 11.0. The molecule has 2 aliphatic carbocycles. The number of rotatable bonds is 5. The number of anilines is 3. The maximum absolute atomic E-state index is 13.3. The number of aryl methyl sites for hydroxylation is 1. The Hall–Kier alpha value is -2.56. The van der Waals surface area contributed by atoms with Crippen molar-refractivity contribution in [1.82, 2.24) is 14.7 Å². The normalized spacial score (nSPS) is 24.0. The fourth-order valence-corrected chi connectivity index (χ4v) is 5.71. The molecule has 2 heterocycles. The number of aliphatic hydroxyl groups is 1. The Labute approximate surface area is 187 Å². The lowest BCUT2D eigenvalue weighted by Gasteiger charge is -2.33. The fraction of sp³-hybridized carbons (Fsp3) is 0.500. The molecule has 2 fully saturated rings. The molecule has 1 aromatic carbocycles. The van der Waals surface area contributed by atoms with E-state index in [2.05, 4.69) is 15.0 Å². The number of fused-ring (bicyclic) bond motifs is 2. The second-order valence-electron chi connectivity index (χ2n) is 8.97. The quantitative estimate of drug-likeness (QED) is 0.628. The van der Waals surface area contributed by atoms with Crippen molar-refractivity contribution in [1.29, 1.82) is 0 Å². The molecule has 0 radical (unpaired) electrons. The Bertz CT molecular complexity index is 1190. The van der Waals surface area contributed by atoms with E-state index in [4.69, 9.17) is 4.98 Å². The molecule has 1 amide bonds. The van der Waals surface area contributed by atoms with Crippen molar-refractivity contribution in [2.24, 2.45) is 0 Å². The van der Waals surface area contributed by atoms with Gasteiger partial charge in [0.05, 0.1) is 16.4 Å². The van der Waals surface area contributed by atoms with E-state index in [0.29, 0.717) is 23.9 Å². The maximum atomic E-state index is 13.3. The van der Waals surface area contributed by atoms with Gasteiger partial charge in [-0.3, -0.25) is 9.69 Å². The number of carbonyl (C=O) groups is 1. The molecule has 32 heavy (non-hydrogen) atoms. The number of aliphatic hydroxyl groups excluding tert-OH is 1. The van der Waals surface area contributed by atoms with Crippen LogP contribution in [0.5, 0.6) is 0 Å². The van der Waals surface area contributed by atoms with Gasteiger partial charge >= 0.3 is 0 Å². The van der Waals surface area contributed by atoms with Crippen molar-refractivity contribution in [3.05, 3.63) is 35.5 Å². The average molecular weight is 458 g/mol. The summed E-state index contributed by atoms with van der Waals surface area (Å²) in [5.74, 6) is 1.06. The van der Waals surface area contributed by atoms with Gasteiger partial charge in [0.15, 0.2) is 0 Å². The zero-order valence-electron chi connectivity index (χ0n) is 18.1. The Morgan fingerprint density at radius 3 is 2.69 bits per heavy atom. The van der Waals surface area contributed by atoms with Gasteiger partial charge in [-0.15, -0.1) is 0 Å². The first-order chi connectivity index (χ1) is 15.2. The smallest absolute Gasteiger partial charge is 0.240 e. The van der Waals surface area contributed by atoms with E-state index in [-0.39, 0.29) is 16.8 Å². The Morgan fingerprint density at radius 2 is 2.03 bits per heavy atom. The second kappa shape index (κ2) is 7.50. The summed E-state index contributed by atoms with van der Waals surface area (Å²) in [7, 11) is -2.15. The molecule has 0 bridgehead atoms. The number of hydrogen-bond donors (Lipinski definition) is 3. The average Bonchev–Trinajstić information content (AvgIpc) is 3.53. The summed E-state index contributed by atoms with van der Waals surface area (Å²) in [5.41, 5.74) is 1.80. The first-order valence-corrected chi connectivity index (χ1v) is 12.4. The standard InChI is InChI=1S/C22H27N5O4S/c1-13-10-16(32(30,31)23-2)6-7-18(13)25-21-24-12-17-19(26-21)27(20(29)22(17)8-9-22)14-4-3-5-15(28)11-14/h6-7,10,12,14-15,23,28H,3-5,8-9,11H2,1-2H3,(H,24,25,26)/t14?,15-/m1/s1. The van der Waals surface area contributed by atoms with Gasteiger partial charge in [0.1, 0.15) is 5.82 Å². The minimum atomic E-state index is -3.53. The van der Waals surface area contributed by atoms with Crippen molar-refractivity contribution in [2.45, 2.75) is 67.9 Å². The van der Waals surface area contributed by atoms with Gasteiger partial charge < -0.3 is 10.4 Å². The van der Waals surface area contributed by atoms with Crippen molar-refractivity contribution in [3.8, 4) is 0 Å². The summed E-state index contributed by atoms with van der Waals surface area (Å²) in [4.78, 5) is 24.5. The maximum Gasteiger partial charge on any atom is 0.240 e. The van der Waals surface area contributed by atoms with Crippen LogP contribution in [-0.2, 0) is 20.2 Å². The van der Waals surface area contributed by atoms with Gasteiger partial charge in [-0.25, -0.2) is 18.1 Å². The molecular weight excluding hydrogens is 430 g/mol. The van der Waals surface area contributed by atoms with Crippen LogP contribution in [0.15, 0.2) is 29.3 Å². The van der Waals surface area contributed by atoms with E-state index >= 15 is 0 Å². The van der Waals surface area contributed by atoms with Crippen LogP contribution in [0.2, 0.25) is 0 Å². The van der Waals surface area contributed by atoms with E-state index in [0.717, 1.165) is 43.2 Å². The van der Waals surface area contributed by atoms with Crippen LogP contribution < -0.4 is 14.9 Å². The number of amides is 1. The molecule has 3 N–H and O–H groups in total. The summed E-state index contributed by atoms with van der Waals surface area (Å²) in [5, 5.41) is 13.3. The predicted molar refractivity (Wildman–Crippen MR) is 119 cm³/mol. The third kappa shape index (κ3) is 3.37. The summed E-state index contributed by atoms with van der Waals surface area (Å²) in [6, 6.07) is 4.73. The van der Waals surface area contributed by atoms with Crippen LogP contribution in [-0.4, -0.2) is 48.6 Å². The van der Waals surface area contributed by atoms with E-state index in [1.165, 1.54) is 13.1 Å². The van der Waals surface area contributed by atoms with Crippen LogP contribution in [0, 0.1) is 6.92 Å². The molecular formula is C22H27N5O4S. The SMILES string of the molecule is CNS(=O)(=O)c1ccc(Nc2ncc3c(n2)N(C2CCC[C@@H](O)C2)C(=O)C32CC2)c(C)c1. The molecule has 9 nitrogen and oxygen atoms in total. The lowest BCUT2D eigenvalue weighted by molar-refractivity contribution is -0.121. The molecule has 170 valence electrons.